The molecular formula is C12H18N2O. The van der Waals surface area contributed by atoms with E-state index in [1.54, 1.807) is 0 Å². The van der Waals surface area contributed by atoms with Crippen molar-refractivity contribution in [1.82, 2.24) is 0 Å². The molecule has 0 aromatic heterocycles. The highest BCUT2D eigenvalue weighted by Crippen LogP contribution is 2.14. The predicted molar refractivity (Wildman–Crippen MR) is 62.5 cm³/mol. The molecule has 1 unspecified atom stereocenters. The van der Waals surface area contributed by atoms with Crippen molar-refractivity contribution in [3.63, 3.8) is 0 Å². The maximum Gasteiger partial charge on any atom is 0.226 e. The van der Waals surface area contributed by atoms with Crippen molar-refractivity contribution in [2.24, 2.45) is 11.7 Å². The van der Waals surface area contributed by atoms with Gasteiger partial charge in [-0.15, -0.1) is 0 Å². The molecule has 0 aliphatic carbocycles. The minimum Gasteiger partial charge on any atom is -0.326 e. The van der Waals surface area contributed by atoms with E-state index >= 15 is 0 Å². The lowest BCUT2D eigenvalue weighted by molar-refractivity contribution is -0.118. The van der Waals surface area contributed by atoms with Gasteiger partial charge in [-0.1, -0.05) is 26.0 Å². The van der Waals surface area contributed by atoms with Crippen molar-refractivity contribution in [2.75, 3.05) is 5.32 Å². The van der Waals surface area contributed by atoms with Gasteiger partial charge in [0.15, 0.2) is 0 Å². The summed E-state index contributed by atoms with van der Waals surface area (Å²) in [4.78, 5) is 11.4. The Balaban J connectivity index is 2.69. The molecule has 1 rings (SSSR count). The number of carbonyl (C=O) groups is 1. The molecule has 0 aliphatic heterocycles. The lowest BCUT2D eigenvalue weighted by Gasteiger charge is -2.09. The normalized spacial score (nSPS) is 12.6. The Kier molecular flexibility index (Phi) is 3.86. The topological polar surface area (TPSA) is 55.1 Å². The molecule has 3 nitrogen and oxygen atoms in total. The molecule has 3 N–H and O–H groups in total. The summed E-state index contributed by atoms with van der Waals surface area (Å²) in [5.74, 6) is 0.0293. The zero-order valence-electron chi connectivity index (χ0n) is 9.45. The van der Waals surface area contributed by atoms with E-state index < -0.39 is 0 Å². The smallest absolute Gasteiger partial charge is 0.226 e. The Morgan fingerprint density at radius 1 is 1.20 bits per heavy atom. The summed E-state index contributed by atoms with van der Waals surface area (Å²) in [6.07, 6.45) is 0. The van der Waals surface area contributed by atoms with Gasteiger partial charge in [0.25, 0.3) is 0 Å². The number of hydrogen-bond donors (Lipinski definition) is 2. The summed E-state index contributed by atoms with van der Waals surface area (Å²) in [6.45, 7) is 5.67. The second-order valence-corrected chi connectivity index (χ2v) is 4.05. The third-order valence-electron chi connectivity index (χ3n) is 2.23. The van der Waals surface area contributed by atoms with Gasteiger partial charge in [0.05, 0.1) is 0 Å². The molecule has 0 spiro atoms. The summed E-state index contributed by atoms with van der Waals surface area (Å²) >= 11 is 0. The second-order valence-electron chi connectivity index (χ2n) is 4.05. The van der Waals surface area contributed by atoms with Crippen molar-refractivity contribution >= 4 is 11.6 Å². The van der Waals surface area contributed by atoms with Crippen LogP contribution in [0.5, 0.6) is 0 Å². The van der Waals surface area contributed by atoms with Crippen molar-refractivity contribution in [1.29, 1.82) is 0 Å². The number of anilines is 1. The van der Waals surface area contributed by atoms with Gasteiger partial charge in [0.1, 0.15) is 0 Å². The molecule has 1 aromatic carbocycles. The van der Waals surface area contributed by atoms with E-state index in [9.17, 15) is 4.79 Å². The van der Waals surface area contributed by atoms with Crippen LogP contribution in [0.1, 0.15) is 32.4 Å². The minimum atomic E-state index is -0.00175. The average molecular weight is 206 g/mol. The molecule has 1 amide bonds. The zero-order chi connectivity index (χ0) is 11.4. The standard InChI is InChI=1S/C12H18N2O/c1-8(2)12(15)14-11-6-4-10(5-7-11)9(3)13/h4-9H,13H2,1-3H3,(H,14,15). The summed E-state index contributed by atoms with van der Waals surface area (Å²) in [5.41, 5.74) is 7.61. The van der Waals surface area contributed by atoms with Gasteiger partial charge in [0, 0.05) is 17.6 Å². The summed E-state index contributed by atoms with van der Waals surface area (Å²) in [6, 6.07) is 7.64. The van der Waals surface area contributed by atoms with Crippen LogP contribution in [-0.4, -0.2) is 5.91 Å². The molecule has 0 radical (unpaired) electrons. The largest absolute Gasteiger partial charge is 0.326 e. The number of amides is 1. The van der Waals surface area contributed by atoms with E-state index in [0.717, 1.165) is 11.3 Å². The Morgan fingerprint density at radius 2 is 1.73 bits per heavy atom. The van der Waals surface area contributed by atoms with Crippen molar-refractivity contribution in [2.45, 2.75) is 26.8 Å². The number of hydrogen-bond acceptors (Lipinski definition) is 2. The maximum atomic E-state index is 11.4. The van der Waals surface area contributed by atoms with E-state index in [-0.39, 0.29) is 17.9 Å². The highest BCUT2D eigenvalue weighted by molar-refractivity contribution is 5.92. The molecule has 1 aromatic rings. The summed E-state index contributed by atoms with van der Waals surface area (Å²) < 4.78 is 0. The van der Waals surface area contributed by atoms with Gasteiger partial charge in [-0.05, 0) is 24.6 Å². The monoisotopic (exact) mass is 206 g/mol. The van der Waals surface area contributed by atoms with Crippen LogP contribution in [0.2, 0.25) is 0 Å². The van der Waals surface area contributed by atoms with Crippen LogP contribution in [0, 0.1) is 5.92 Å². The number of nitrogens with two attached hydrogens (primary N) is 1. The molecule has 1 atom stereocenters. The summed E-state index contributed by atoms with van der Waals surface area (Å²) in [5, 5.41) is 2.83. The van der Waals surface area contributed by atoms with E-state index in [4.69, 9.17) is 5.73 Å². The van der Waals surface area contributed by atoms with E-state index in [1.165, 1.54) is 0 Å². The van der Waals surface area contributed by atoms with Gasteiger partial charge in [0.2, 0.25) is 5.91 Å². The zero-order valence-corrected chi connectivity index (χ0v) is 9.45. The molecule has 0 saturated heterocycles. The fourth-order valence-corrected chi connectivity index (χ4v) is 1.16. The predicted octanol–water partition coefficient (Wildman–Crippen LogP) is 2.30. The molecule has 0 bridgehead atoms. The first-order chi connectivity index (χ1) is 7.00. The molecule has 3 heteroatoms. The van der Waals surface area contributed by atoms with Gasteiger partial charge in [-0.25, -0.2) is 0 Å². The van der Waals surface area contributed by atoms with Crippen LogP contribution in [0.25, 0.3) is 0 Å². The van der Waals surface area contributed by atoms with Crippen LogP contribution in [0.4, 0.5) is 5.69 Å². The first-order valence-corrected chi connectivity index (χ1v) is 5.17. The first kappa shape index (κ1) is 11.7. The molecule has 0 saturated carbocycles. The van der Waals surface area contributed by atoms with Crippen LogP contribution >= 0.6 is 0 Å². The third kappa shape index (κ3) is 3.36. The van der Waals surface area contributed by atoms with Crippen molar-refractivity contribution < 1.29 is 4.79 Å². The lowest BCUT2D eigenvalue weighted by Crippen LogP contribution is -2.17. The summed E-state index contributed by atoms with van der Waals surface area (Å²) in [7, 11) is 0. The fourth-order valence-electron chi connectivity index (χ4n) is 1.16. The Hall–Kier alpha value is -1.35. The van der Waals surface area contributed by atoms with Gasteiger partial charge in [-0.2, -0.15) is 0 Å². The van der Waals surface area contributed by atoms with Crippen molar-refractivity contribution in [3.8, 4) is 0 Å². The number of nitrogens with one attached hydrogen (secondary N) is 1. The van der Waals surface area contributed by atoms with Gasteiger partial charge < -0.3 is 11.1 Å². The van der Waals surface area contributed by atoms with Crippen LogP contribution in [0.15, 0.2) is 24.3 Å². The van der Waals surface area contributed by atoms with Crippen LogP contribution in [-0.2, 0) is 4.79 Å². The average Bonchev–Trinajstić information content (AvgIpc) is 2.18. The number of rotatable bonds is 3. The number of carbonyl (C=O) groups excluding carboxylic acids is 1. The molecule has 82 valence electrons. The van der Waals surface area contributed by atoms with Crippen LogP contribution in [0.3, 0.4) is 0 Å². The quantitative estimate of drug-likeness (QED) is 0.797. The molecule has 0 heterocycles. The molecule has 0 aliphatic rings. The van der Waals surface area contributed by atoms with E-state index in [2.05, 4.69) is 5.32 Å². The Morgan fingerprint density at radius 3 is 2.13 bits per heavy atom. The SMILES string of the molecule is CC(C)C(=O)Nc1ccc(C(C)N)cc1. The molecule has 15 heavy (non-hydrogen) atoms. The Bertz CT molecular complexity index is 328. The van der Waals surface area contributed by atoms with E-state index in [0.29, 0.717) is 0 Å². The molecule has 0 fully saturated rings. The van der Waals surface area contributed by atoms with E-state index in [1.807, 2.05) is 45.0 Å². The van der Waals surface area contributed by atoms with Gasteiger partial charge >= 0.3 is 0 Å². The first-order valence-electron chi connectivity index (χ1n) is 5.17. The highest BCUT2D eigenvalue weighted by Gasteiger charge is 2.06. The fraction of sp³-hybridized carbons (Fsp3) is 0.417. The molecular weight excluding hydrogens is 188 g/mol. The van der Waals surface area contributed by atoms with Crippen LogP contribution < -0.4 is 11.1 Å². The lowest BCUT2D eigenvalue weighted by atomic mass is 10.1. The highest BCUT2D eigenvalue weighted by atomic mass is 16.1. The van der Waals surface area contributed by atoms with Gasteiger partial charge in [-0.3, -0.25) is 4.79 Å². The maximum absolute atomic E-state index is 11.4. The Labute approximate surface area is 90.7 Å². The second kappa shape index (κ2) is 4.94. The van der Waals surface area contributed by atoms with Crippen molar-refractivity contribution in [3.05, 3.63) is 29.8 Å². The third-order valence-corrected chi connectivity index (χ3v) is 2.23. The number of benzene rings is 1. The minimum absolute atomic E-state index is 0.00175.